The van der Waals surface area contributed by atoms with E-state index in [9.17, 15) is 4.79 Å². The predicted molar refractivity (Wildman–Crippen MR) is 71.2 cm³/mol. The number of esters is 1. The van der Waals surface area contributed by atoms with E-state index in [2.05, 4.69) is 0 Å². The molecule has 0 aliphatic carbocycles. The Labute approximate surface area is 107 Å². The fourth-order valence-electron chi connectivity index (χ4n) is 1.99. The van der Waals surface area contributed by atoms with E-state index < -0.39 is 0 Å². The molecule has 0 amide bonds. The van der Waals surface area contributed by atoms with Crippen LogP contribution < -0.4 is 0 Å². The van der Waals surface area contributed by atoms with Crippen molar-refractivity contribution >= 4 is 5.97 Å². The molecule has 2 aromatic carbocycles. The smallest absolute Gasteiger partial charge is 0.303 e. The first-order valence-corrected chi connectivity index (χ1v) is 5.96. The van der Waals surface area contributed by atoms with Crippen molar-refractivity contribution in [3.63, 3.8) is 0 Å². The highest BCUT2D eigenvalue weighted by Gasteiger charge is 2.18. The van der Waals surface area contributed by atoms with Crippen molar-refractivity contribution in [3.05, 3.63) is 71.3 Å². The quantitative estimate of drug-likeness (QED) is 0.765. The van der Waals surface area contributed by atoms with Crippen LogP contribution in [0, 0.1) is 6.92 Å². The van der Waals surface area contributed by atoms with Crippen LogP contribution in [-0.4, -0.2) is 5.97 Å². The average molecular weight is 240 g/mol. The molecule has 0 saturated carbocycles. The zero-order chi connectivity index (χ0) is 13.0. The Hall–Kier alpha value is -2.09. The zero-order valence-corrected chi connectivity index (χ0v) is 10.6. The van der Waals surface area contributed by atoms with Crippen LogP contribution in [0.4, 0.5) is 0 Å². The monoisotopic (exact) mass is 240 g/mol. The summed E-state index contributed by atoms with van der Waals surface area (Å²) in [5.74, 6) is -0.271. The molecule has 18 heavy (non-hydrogen) atoms. The Morgan fingerprint density at radius 1 is 1.00 bits per heavy atom. The van der Waals surface area contributed by atoms with Crippen LogP contribution in [0.3, 0.4) is 0 Å². The highest BCUT2D eigenvalue weighted by molar-refractivity contribution is 5.67. The van der Waals surface area contributed by atoms with Crippen molar-refractivity contribution in [3.8, 4) is 0 Å². The van der Waals surface area contributed by atoms with Crippen molar-refractivity contribution in [2.75, 3.05) is 0 Å². The van der Waals surface area contributed by atoms with Crippen molar-refractivity contribution in [2.45, 2.75) is 20.0 Å². The molecule has 0 saturated heterocycles. The maximum absolute atomic E-state index is 11.3. The summed E-state index contributed by atoms with van der Waals surface area (Å²) < 4.78 is 5.46. The van der Waals surface area contributed by atoms with Gasteiger partial charge in [-0.1, -0.05) is 54.6 Å². The first kappa shape index (κ1) is 12.4. The van der Waals surface area contributed by atoms with Crippen LogP contribution in [0.15, 0.2) is 54.6 Å². The topological polar surface area (TPSA) is 26.3 Å². The minimum atomic E-state index is -0.329. The van der Waals surface area contributed by atoms with Gasteiger partial charge in [0, 0.05) is 6.92 Å². The molecule has 0 radical (unpaired) electrons. The van der Waals surface area contributed by atoms with Gasteiger partial charge in [-0.25, -0.2) is 0 Å². The molecular weight excluding hydrogens is 224 g/mol. The molecule has 1 atom stereocenters. The molecule has 0 fully saturated rings. The van der Waals surface area contributed by atoms with Gasteiger partial charge in [0.2, 0.25) is 0 Å². The number of benzene rings is 2. The highest BCUT2D eigenvalue weighted by Crippen LogP contribution is 2.28. The van der Waals surface area contributed by atoms with E-state index in [-0.39, 0.29) is 12.1 Å². The van der Waals surface area contributed by atoms with Crippen molar-refractivity contribution in [2.24, 2.45) is 0 Å². The summed E-state index contributed by atoms with van der Waals surface area (Å²) in [4.78, 5) is 11.3. The molecule has 0 bridgehead atoms. The van der Waals surface area contributed by atoms with Gasteiger partial charge in [0.05, 0.1) is 0 Å². The van der Waals surface area contributed by atoms with E-state index in [0.717, 1.165) is 16.7 Å². The Bertz CT molecular complexity index is 532. The normalized spacial score (nSPS) is 11.9. The molecule has 2 rings (SSSR count). The van der Waals surface area contributed by atoms with Crippen LogP contribution in [-0.2, 0) is 9.53 Å². The van der Waals surface area contributed by atoms with Gasteiger partial charge in [0.15, 0.2) is 6.10 Å². The summed E-state index contributed by atoms with van der Waals surface area (Å²) in [6.07, 6.45) is -0.329. The second-order valence-corrected chi connectivity index (χ2v) is 4.26. The molecule has 2 heteroatoms. The Balaban J connectivity index is 2.44. The number of ether oxygens (including phenoxy) is 1. The number of rotatable bonds is 3. The van der Waals surface area contributed by atoms with E-state index in [0.29, 0.717) is 0 Å². The lowest BCUT2D eigenvalue weighted by Gasteiger charge is -2.19. The maximum atomic E-state index is 11.3. The molecule has 1 unspecified atom stereocenters. The lowest BCUT2D eigenvalue weighted by molar-refractivity contribution is -0.144. The maximum Gasteiger partial charge on any atom is 0.303 e. The Morgan fingerprint density at radius 2 is 1.61 bits per heavy atom. The van der Waals surface area contributed by atoms with Crippen molar-refractivity contribution < 1.29 is 9.53 Å². The third-order valence-electron chi connectivity index (χ3n) is 2.86. The molecule has 0 heterocycles. The molecule has 0 aliphatic rings. The second-order valence-electron chi connectivity index (χ2n) is 4.26. The van der Waals surface area contributed by atoms with Crippen molar-refractivity contribution in [1.82, 2.24) is 0 Å². The van der Waals surface area contributed by atoms with Gasteiger partial charge in [0.25, 0.3) is 0 Å². The third kappa shape index (κ3) is 2.77. The van der Waals surface area contributed by atoms with Gasteiger partial charge in [-0.05, 0) is 23.6 Å². The van der Waals surface area contributed by atoms with Crippen LogP contribution in [0.1, 0.15) is 29.7 Å². The predicted octanol–water partition coefficient (Wildman–Crippen LogP) is 3.65. The summed E-state index contributed by atoms with van der Waals surface area (Å²) in [5.41, 5.74) is 3.13. The van der Waals surface area contributed by atoms with E-state index in [1.807, 2.05) is 61.5 Å². The van der Waals surface area contributed by atoms with Gasteiger partial charge in [-0.3, -0.25) is 4.79 Å². The standard InChI is InChI=1S/C16H16O2/c1-12-8-6-7-11-15(12)16(18-13(2)17)14-9-4-3-5-10-14/h3-11,16H,1-2H3. The SMILES string of the molecule is CC(=O)OC(c1ccccc1)c1ccccc1C. The Kier molecular flexibility index (Phi) is 3.78. The number of hydrogen-bond acceptors (Lipinski definition) is 2. The first-order chi connectivity index (χ1) is 8.68. The van der Waals surface area contributed by atoms with Gasteiger partial charge in [-0.2, -0.15) is 0 Å². The third-order valence-corrected chi connectivity index (χ3v) is 2.86. The van der Waals surface area contributed by atoms with Crippen molar-refractivity contribution in [1.29, 1.82) is 0 Å². The van der Waals surface area contributed by atoms with Gasteiger partial charge in [0.1, 0.15) is 0 Å². The lowest BCUT2D eigenvalue weighted by atomic mass is 9.97. The van der Waals surface area contributed by atoms with Gasteiger partial charge in [-0.15, -0.1) is 0 Å². The lowest BCUT2D eigenvalue weighted by Crippen LogP contribution is -2.11. The molecule has 2 nitrogen and oxygen atoms in total. The minimum Gasteiger partial charge on any atom is -0.453 e. The fraction of sp³-hybridized carbons (Fsp3) is 0.188. The number of carbonyl (C=O) groups excluding carboxylic acids is 1. The van der Waals surface area contributed by atoms with E-state index in [1.165, 1.54) is 6.92 Å². The highest BCUT2D eigenvalue weighted by atomic mass is 16.5. The summed E-state index contributed by atoms with van der Waals surface area (Å²) in [6.45, 7) is 3.46. The largest absolute Gasteiger partial charge is 0.453 e. The van der Waals surface area contributed by atoms with Gasteiger partial charge >= 0.3 is 5.97 Å². The summed E-state index contributed by atoms with van der Waals surface area (Å²) >= 11 is 0. The summed E-state index contributed by atoms with van der Waals surface area (Å²) in [7, 11) is 0. The van der Waals surface area contributed by atoms with Crippen LogP contribution in [0.5, 0.6) is 0 Å². The molecule has 2 aromatic rings. The fourth-order valence-corrected chi connectivity index (χ4v) is 1.99. The Morgan fingerprint density at radius 3 is 2.22 bits per heavy atom. The van der Waals surface area contributed by atoms with E-state index in [1.54, 1.807) is 0 Å². The summed E-state index contributed by atoms with van der Waals surface area (Å²) in [6, 6.07) is 17.8. The van der Waals surface area contributed by atoms with Gasteiger partial charge < -0.3 is 4.74 Å². The molecule has 0 aliphatic heterocycles. The zero-order valence-electron chi connectivity index (χ0n) is 10.6. The molecule has 0 N–H and O–H groups in total. The summed E-state index contributed by atoms with van der Waals surface area (Å²) in [5, 5.41) is 0. The molecule has 0 aromatic heterocycles. The number of carbonyl (C=O) groups is 1. The molecular formula is C16H16O2. The molecule has 92 valence electrons. The van der Waals surface area contributed by atoms with Crippen LogP contribution in [0.25, 0.3) is 0 Å². The average Bonchev–Trinajstić information content (AvgIpc) is 2.38. The van der Waals surface area contributed by atoms with Crippen LogP contribution in [0.2, 0.25) is 0 Å². The first-order valence-electron chi connectivity index (χ1n) is 5.96. The second kappa shape index (κ2) is 5.50. The number of hydrogen-bond donors (Lipinski definition) is 0. The van der Waals surface area contributed by atoms with E-state index in [4.69, 9.17) is 4.74 Å². The van der Waals surface area contributed by atoms with E-state index >= 15 is 0 Å². The number of aryl methyl sites for hydroxylation is 1. The van der Waals surface area contributed by atoms with Crippen LogP contribution >= 0.6 is 0 Å². The minimum absolute atomic E-state index is 0.271. The molecule has 0 spiro atoms.